The molecule has 0 unspecified atom stereocenters. The Labute approximate surface area is 122 Å². The molecule has 1 N–H and O–H groups in total. The van der Waals surface area contributed by atoms with E-state index in [1.54, 1.807) is 6.07 Å². The van der Waals surface area contributed by atoms with Crippen LogP contribution in [0.5, 0.6) is 11.5 Å². The van der Waals surface area contributed by atoms with Crippen LogP contribution < -0.4 is 4.74 Å². The minimum Gasteiger partial charge on any atom is -0.454 e. The van der Waals surface area contributed by atoms with Gasteiger partial charge >= 0.3 is 0 Å². The lowest BCUT2D eigenvalue weighted by atomic mass is 10.1. The standard InChI is InChI=1S/C15H15FO4S/c1-10(17)11-6-7-15(14(16)8-11)20-12-4-3-5-13(9-12)21(2,18)19/h3-10,17H,1-2H3/t10-/m0/s1. The van der Waals surface area contributed by atoms with E-state index in [2.05, 4.69) is 0 Å². The van der Waals surface area contributed by atoms with Gasteiger partial charge in [0.05, 0.1) is 11.0 Å². The van der Waals surface area contributed by atoms with Crippen LogP contribution in [0.3, 0.4) is 0 Å². The molecule has 21 heavy (non-hydrogen) atoms. The Bertz CT molecular complexity index is 754. The van der Waals surface area contributed by atoms with Gasteiger partial charge in [0.2, 0.25) is 0 Å². The molecule has 0 aromatic heterocycles. The van der Waals surface area contributed by atoms with E-state index >= 15 is 0 Å². The van der Waals surface area contributed by atoms with Gasteiger partial charge in [0.25, 0.3) is 0 Å². The van der Waals surface area contributed by atoms with Crippen molar-refractivity contribution >= 4 is 9.84 Å². The summed E-state index contributed by atoms with van der Waals surface area (Å²) in [6.07, 6.45) is 0.312. The number of sulfone groups is 1. The Hall–Kier alpha value is -1.92. The van der Waals surface area contributed by atoms with Crippen molar-refractivity contribution in [3.05, 3.63) is 53.8 Å². The average molecular weight is 310 g/mol. The summed E-state index contributed by atoms with van der Waals surface area (Å²) in [4.78, 5) is 0.0982. The van der Waals surface area contributed by atoms with Gasteiger partial charge < -0.3 is 9.84 Å². The zero-order valence-corrected chi connectivity index (χ0v) is 12.4. The summed E-state index contributed by atoms with van der Waals surface area (Å²) < 4.78 is 42.2. The molecule has 0 aliphatic carbocycles. The van der Waals surface area contributed by atoms with Crippen LogP contribution in [0.15, 0.2) is 47.4 Å². The molecule has 0 fully saturated rings. The zero-order chi connectivity index (χ0) is 15.6. The molecule has 0 radical (unpaired) electrons. The Morgan fingerprint density at radius 2 is 1.90 bits per heavy atom. The number of ether oxygens (including phenoxy) is 1. The molecule has 0 saturated carbocycles. The van der Waals surface area contributed by atoms with E-state index in [0.29, 0.717) is 5.56 Å². The van der Waals surface area contributed by atoms with Gasteiger partial charge in [0, 0.05) is 6.26 Å². The molecule has 1 atom stereocenters. The molecular formula is C15H15FO4S. The van der Waals surface area contributed by atoms with E-state index in [1.165, 1.54) is 43.3 Å². The van der Waals surface area contributed by atoms with Crippen molar-refractivity contribution in [3.63, 3.8) is 0 Å². The Balaban J connectivity index is 2.31. The number of hydrogen-bond donors (Lipinski definition) is 1. The van der Waals surface area contributed by atoms with Gasteiger partial charge in [0.1, 0.15) is 5.75 Å². The third kappa shape index (κ3) is 3.80. The molecule has 6 heteroatoms. The van der Waals surface area contributed by atoms with E-state index in [0.717, 1.165) is 6.26 Å². The van der Waals surface area contributed by atoms with Gasteiger partial charge in [-0.1, -0.05) is 12.1 Å². The average Bonchev–Trinajstić information content (AvgIpc) is 2.40. The van der Waals surface area contributed by atoms with Gasteiger partial charge in [-0.2, -0.15) is 0 Å². The molecule has 0 aliphatic heterocycles. The molecule has 112 valence electrons. The first-order valence-corrected chi connectivity index (χ1v) is 8.12. The Morgan fingerprint density at radius 3 is 2.48 bits per heavy atom. The largest absolute Gasteiger partial charge is 0.454 e. The Morgan fingerprint density at radius 1 is 1.19 bits per heavy atom. The van der Waals surface area contributed by atoms with Gasteiger partial charge in [-0.3, -0.25) is 0 Å². The second-order valence-corrected chi connectivity index (χ2v) is 6.73. The van der Waals surface area contributed by atoms with Crippen molar-refractivity contribution in [2.75, 3.05) is 6.26 Å². The van der Waals surface area contributed by atoms with Gasteiger partial charge in [0.15, 0.2) is 21.4 Å². The molecule has 0 bridgehead atoms. The maximum Gasteiger partial charge on any atom is 0.175 e. The second kappa shape index (κ2) is 5.83. The highest BCUT2D eigenvalue weighted by atomic mass is 32.2. The van der Waals surface area contributed by atoms with Crippen molar-refractivity contribution in [2.45, 2.75) is 17.9 Å². The summed E-state index contributed by atoms with van der Waals surface area (Å²) in [6.45, 7) is 1.53. The first-order valence-electron chi connectivity index (χ1n) is 6.23. The summed E-state index contributed by atoms with van der Waals surface area (Å²) in [5.41, 5.74) is 0.435. The van der Waals surface area contributed by atoms with E-state index in [4.69, 9.17) is 4.74 Å². The third-order valence-corrected chi connectivity index (χ3v) is 4.01. The van der Waals surface area contributed by atoms with Crippen LogP contribution in [-0.4, -0.2) is 19.8 Å². The van der Waals surface area contributed by atoms with E-state index in [9.17, 15) is 17.9 Å². The molecule has 0 amide bonds. The fourth-order valence-corrected chi connectivity index (χ4v) is 2.41. The van der Waals surface area contributed by atoms with Gasteiger partial charge in [-0.15, -0.1) is 0 Å². The summed E-state index contributed by atoms with van der Waals surface area (Å²) in [7, 11) is -3.35. The second-order valence-electron chi connectivity index (χ2n) is 4.71. The third-order valence-electron chi connectivity index (χ3n) is 2.90. The zero-order valence-electron chi connectivity index (χ0n) is 11.6. The van der Waals surface area contributed by atoms with Crippen LogP contribution in [0.1, 0.15) is 18.6 Å². The van der Waals surface area contributed by atoms with Crippen LogP contribution in [0, 0.1) is 5.82 Å². The lowest BCUT2D eigenvalue weighted by Gasteiger charge is -2.10. The highest BCUT2D eigenvalue weighted by Gasteiger charge is 2.11. The normalized spacial score (nSPS) is 13.0. The van der Waals surface area contributed by atoms with E-state index in [-0.39, 0.29) is 16.4 Å². The summed E-state index contributed by atoms with van der Waals surface area (Å²) >= 11 is 0. The monoisotopic (exact) mass is 310 g/mol. The lowest BCUT2D eigenvalue weighted by molar-refractivity contribution is 0.198. The smallest absolute Gasteiger partial charge is 0.175 e. The van der Waals surface area contributed by atoms with E-state index in [1.807, 2.05) is 0 Å². The number of halogens is 1. The van der Waals surface area contributed by atoms with Crippen LogP contribution in [0.2, 0.25) is 0 Å². The first kappa shape index (κ1) is 15.5. The fraction of sp³-hybridized carbons (Fsp3) is 0.200. The molecule has 0 aliphatic rings. The van der Waals surface area contributed by atoms with Crippen LogP contribution in [0.25, 0.3) is 0 Å². The molecular weight excluding hydrogens is 295 g/mol. The number of aliphatic hydroxyl groups is 1. The number of hydrogen-bond acceptors (Lipinski definition) is 4. The number of aliphatic hydroxyl groups excluding tert-OH is 1. The SMILES string of the molecule is C[C@H](O)c1ccc(Oc2cccc(S(C)(=O)=O)c2)c(F)c1. The minimum atomic E-state index is -3.35. The predicted octanol–water partition coefficient (Wildman–Crippen LogP) is 3.07. The number of rotatable bonds is 4. The molecule has 0 saturated heterocycles. The van der Waals surface area contributed by atoms with Crippen molar-refractivity contribution in [3.8, 4) is 11.5 Å². The van der Waals surface area contributed by atoms with Crippen LogP contribution in [0.4, 0.5) is 4.39 Å². The number of benzene rings is 2. The predicted molar refractivity (Wildman–Crippen MR) is 76.7 cm³/mol. The highest BCUT2D eigenvalue weighted by Crippen LogP contribution is 2.28. The Kier molecular flexibility index (Phi) is 4.29. The van der Waals surface area contributed by atoms with Crippen LogP contribution in [-0.2, 0) is 9.84 Å². The van der Waals surface area contributed by atoms with Crippen molar-refractivity contribution in [1.82, 2.24) is 0 Å². The summed E-state index contributed by atoms with van der Waals surface area (Å²) in [5.74, 6) is -0.440. The summed E-state index contributed by atoms with van der Waals surface area (Å²) in [6, 6.07) is 9.95. The van der Waals surface area contributed by atoms with Gasteiger partial charge in [-0.25, -0.2) is 12.8 Å². The van der Waals surface area contributed by atoms with Crippen molar-refractivity contribution in [1.29, 1.82) is 0 Å². The first-order chi connectivity index (χ1) is 9.77. The van der Waals surface area contributed by atoms with Crippen molar-refractivity contribution < 1.29 is 22.7 Å². The molecule has 0 heterocycles. The molecule has 2 aromatic rings. The maximum atomic E-state index is 13.9. The highest BCUT2D eigenvalue weighted by molar-refractivity contribution is 7.90. The molecule has 4 nitrogen and oxygen atoms in total. The molecule has 0 spiro atoms. The fourth-order valence-electron chi connectivity index (χ4n) is 1.76. The molecule has 2 rings (SSSR count). The van der Waals surface area contributed by atoms with E-state index < -0.39 is 21.8 Å². The van der Waals surface area contributed by atoms with Crippen LogP contribution >= 0.6 is 0 Å². The molecule has 2 aromatic carbocycles. The quantitative estimate of drug-likeness (QED) is 0.942. The minimum absolute atomic E-state index is 0.0370. The maximum absolute atomic E-state index is 13.9. The summed E-state index contributed by atoms with van der Waals surface area (Å²) in [5, 5.41) is 9.38. The topological polar surface area (TPSA) is 63.6 Å². The van der Waals surface area contributed by atoms with Gasteiger partial charge in [-0.05, 0) is 42.8 Å². The lowest BCUT2D eigenvalue weighted by Crippen LogP contribution is -1.98. The van der Waals surface area contributed by atoms with Crippen molar-refractivity contribution in [2.24, 2.45) is 0 Å².